The molecule has 0 saturated carbocycles. The van der Waals surface area contributed by atoms with Crippen LogP contribution in [0.25, 0.3) is 0 Å². The molecule has 0 aliphatic carbocycles. The Labute approximate surface area is 104 Å². The highest BCUT2D eigenvalue weighted by Gasteiger charge is 2.07. The van der Waals surface area contributed by atoms with Gasteiger partial charge in [-0.25, -0.2) is 0 Å². The summed E-state index contributed by atoms with van der Waals surface area (Å²) in [5.41, 5.74) is 1.96. The van der Waals surface area contributed by atoms with Crippen LogP contribution in [0.3, 0.4) is 0 Å². The number of rotatable bonds is 5. The second-order valence-corrected chi connectivity index (χ2v) is 4.69. The van der Waals surface area contributed by atoms with Gasteiger partial charge in [0.05, 0.1) is 24.1 Å². The fraction of sp³-hybridized carbons (Fsp3) is 0.455. The van der Waals surface area contributed by atoms with Crippen molar-refractivity contribution in [2.24, 2.45) is 0 Å². The largest absolute Gasteiger partial charge is 0.394 e. The summed E-state index contributed by atoms with van der Waals surface area (Å²) in [6.07, 6.45) is -0.742. The van der Waals surface area contributed by atoms with Gasteiger partial charge in [-0.2, -0.15) is 0 Å². The lowest BCUT2D eigenvalue weighted by atomic mass is 10.2. The molecule has 16 heavy (non-hydrogen) atoms. The van der Waals surface area contributed by atoms with Crippen molar-refractivity contribution in [2.45, 2.75) is 6.10 Å². The third-order valence-corrected chi connectivity index (χ3v) is 2.67. The molecule has 0 heterocycles. The Kier molecular flexibility index (Phi) is 5.05. The molecule has 5 heteroatoms. The number of halogens is 1. The molecule has 1 aromatic rings. The number of hydrogen-bond donors (Lipinski definition) is 3. The number of anilines is 2. The second-order valence-electron chi connectivity index (χ2n) is 3.77. The van der Waals surface area contributed by atoms with Crippen LogP contribution in [0.2, 0.25) is 0 Å². The van der Waals surface area contributed by atoms with Crippen LogP contribution in [0.4, 0.5) is 11.4 Å². The molecule has 1 unspecified atom stereocenters. The average molecular weight is 289 g/mol. The van der Waals surface area contributed by atoms with Crippen molar-refractivity contribution in [3.05, 3.63) is 22.7 Å². The molecule has 1 aromatic carbocycles. The lowest BCUT2D eigenvalue weighted by Gasteiger charge is -2.19. The maximum atomic E-state index is 9.28. The molecule has 0 aliphatic rings. The summed E-state index contributed by atoms with van der Waals surface area (Å²) < 4.78 is 0.971. The monoisotopic (exact) mass is 288 g/mol. The predicted molar refractivity (Wildman–Crippen MR) is 70.1 cm³/mol. The SMILES string of the molecule is CN(C)c1ccc(Br)cc1NCC(O)CO. The van der Waals surface area contributed by atoms with Gasteiger partial charge in [-0.1, -0.05) is 15.9 Å². The minimum absolute atomic E-state index is 0.238. The van der Waals surface area contributed by atoms with Crippen LogP contribution in [0.15, 0.2) is 22.7 Å². The van der Waals surface area contributed by atoms with Crippen LogP contribution < -0.4 is 10.2 Å². The molecule has 0 spiro atoms. The summed E-state index contributed by atoms with van der Waals surface area (Å²) in [5, 5.41) is 21.1. The van der Waals surface area contributed by atoms with Gasteiger partial charge in [0.2, 0.25) is 0 Å². The number of benzene rings is 1. The first kappa shape index (κ1) is 13.3. The fourth-order valence-corrected chi connectivity index (χ4v) is 1.69. The Balaban J connectivity index is 2.80. The van der Waals surface area contributed by atoms with Crippen molar-refractivity contribution >= 4 is 27.3 Å². The summed E-state index contributed by atoms with van der Waals surface area (Å²) in [7, 11) is 3.91. The third kappa shape index (κ3) is 3.66. The minimum Gasteiger partial charge on any atom is -0.394 e. The molecular formula is C11H17BrN2O2. The summed E-state index contributed by atoms with van der Waals surface area (Å²) in [5.74, 6) is 0. The van der Waals surface area contributed by atoms with E-state index >= 15 is 0 Å². The van der Waals surface area contributed by atoms with Gasteiger partial charge in [0.15, 0.2) is 0 Å². The summed E-state index contributed by atoms with van der Waals surface area (Å²) in [6.45, 7) is 0.0894. The van der Waals surface area contributed by atoms with Gasteiger partial charge in [0.1, 0.15) is 0 Å². The molecule has 0 fully saturated rings. The highest BCUT2D eigenvalue weighted by Crippen LogP contribution is 2.27. The van der Waals surface area contributed by atoms with Gasteiger partial charge in [-0.05, 0) is 18.2 Å². The standard InChI is InChI=1S/C11H17BrN2O2/c1-14(2)11-4-3-8(12)5-10(11)13-6-9(16)7-15/h3-5,9,13,15-16H,6-7H2,1-2H3. The Hall–Kier alpha value is -0.780. The summed E-state index contributed by atoms with van der Waals surface area (Å²) in [4.78, 5) is 1.99. The zero-order valence-electron chi connectivity index (χ0n) is 9.44. The van der Waals surface area contributed by atoms with E-state index in [0.717, 1.165) is 15.8 Å². The van der Waals surface area contributed by atoms with E-state index in [4.69, 9.17) is 5.11 Å². The van der Waals surface area contributed by atoms with E-state index in [2.05, 4.69) is 21.2 Å². The van der Waals surface area contributed by atoms with E-state index in [1.165, 1.54) is 0 Å². The van der Waals surface area contributed by atoms with Crippen molar-refractivity contribution in [3.63, 3.8) is 0 Å². The van der Waals surface area contributed by atoms with Gasteiger partial charge in [-0.15, -0.1) is 0 Å². The van der Waals surface area contributed by atoms with Crippen molar-refractivity contribution in [2.75, 3.05) is 37.5 Å². The average Bonchev–Trinajstić information content (AvgIpc) is 2.25. The first-order valence-electron chi connectivity index (χ1n) is 5.04. The summed E-state index contributed by atoms with van der Waals surface area (Å²) >= 11 is 3.40. The molecule has 4 nitrogen and oxygen atoms in total. The molecule has 0 amide bonds. The quantitative estimate of drug-likeness (QED) is 0.764. The Morgan fingerprint density at radius 2 is 2.12 bits per heavy atom. The van der Waals surface area contributed by atoms with Crippen molar-refractivity contribution < 1.29 is 10.2 Å². The highest BCUT2D eigenvalue weighted by molar-refractivity contribution is 9.10. The molecule has 1 atom stereocenters. The molecule has 3 N–H and O–H groups in total. The van der Waals surface area contributed by atoms with Gasteiger partial charge >= 0.3 is 0 Å². The van der Waals surface area contributed by atoms with Gasteiger partial charge < -0.3 is 20.4 Å². The van der Waals surface area contributed by atoms with Gasteiger partial charge in [0, 0.05) is 25.1 Å². The molecule has 0 aromatic heterocycles. The number of aliphatic hydroxyl groups is 2. The van der Waals surface area contributed by atoms with Crippen LogP contribution >= 0.6 is 15.9 Å². The van der Waals surface area contributed by atoms with Gasteiger partial charge in [0.25, 0.3) is 0 Å². The van der Waals surface area contributed by atoms with Crippen molar-refractivity contribution in [1.82, 2.24) is 0 Å². The van der Waals surface area contributed by atoms with Crippen LogP contribution in [0.5, 0.6) is 0 Å². The topological polar surface area (TPSA) is 55.7 Å². The number of aliphatic hydroxyl groups excluding tert-OH is 2. The normalized spacial score (nSPS) is 12.3. The van der Waals surface area contributed by atoms with Crippen LogP contribution in [0, 0.1) is 0 Å². The number of nitrogens with one attached hydrogen (secondary N) is 1. The minimum atomic E-state index is -0.742. The van der Waals surface area contributed by atoms with Crippen LogP contribution in [0.1, 0.15) is 0 Å². The molecule has 0 bridgehead atoms. The second kappa shape index (κ2) is 6.08. The molecule has 0 saturated heterocycles. The van der Waals surface area contributed by atoms with Crippen molar-refractivity contribution in [3.8, 4) is 0 Å². The van der Waals surface area contributed by atoms with Crippen LogP contribution in [-0.2, 0) is 0 Å². The van der Waals surface area contributed by atoms with E-state index in [9.17, 15) is 5.11 Å². The van der Waals surface area contributed by atoms with Gasteiger partial charge in [-0.3, -0.25) is 0 Å². The van der Waals surface area contributed by atoms with E-state index in [-0.39, 0.29) is 6.61 Å². The first-order chi connectivity index (χ1) is 7.54. The molecule has 90 valence electrons. The number of nitrogens with zero attached hydrogens (tertiary/aromatic N) is 1. The smallest absolute Gasteiger partial charge is 0.0942 e. The highest BCUT2D eigenvalue weighted by atomic mass is 79.9. The van der Waals surface area contributed by atoms with Crippen LogP contribution in [-0.4, -0.2) is 43.6 Å². The fourth-order valence-electron chi connectivity index (χ4n) is 1.33. The zero-order valence-corrected chi connectivity index (χ0v) is 11.0. The van der Waals surface area contributed by atoms with E-state index < -0.39 is 6.10 Å². The van der Waals surface area contributed by atoms with Crippen molar-refractivity contribution in [1.29, 1.82) is 0 Å². The molecule has 1 rings (SSSR count). The molecule has 0 radical (unpaired) electrons. The maximum absolute atomic E-state index is 9.28. The zero-order chi connectivity index (χ0) is 12.1. The third-order valence-electron chi connectivity index (χ3n) is 2.18. The van der Waals surface area contributed by atoms with E-state index in [1.807, 2.05) is 37.2 Å². The maximum Gasteiger partial charge on any atom is 0.0942 e. The Morgan fingerprint density at radius 3 is 2.69 bits per heavy atom. The molecular weight excluding hydrogens is 272 g/mol. The Bertz CT molecular complexity index is 345. The number of hydrogen-bond acceptors (Lipinski definition) is 4. The lowest BCUT2D eigenvalue weighted by Crippen LogP contribution is -2.24. The predicted octanol–water partition coefficient (Wildman–Crippen LogP) is 1.28. The molecule has 0 aliphatic heterocycles. The van der Waals surface area contributed by atoms with E-state index in [0.29, 0.717) is 6.54 Å². The van der Waals surface area contributed by atoms with E-state index in [1.54, 1.807) is 0 Å². The first-order valence-corrected chi connectivity index (χ1v) is 5.83. The lowest BCUT2D eigenvalue weighted by molar-refractivity contribution is 0.105. The Morgan fingerprint density at radius 1 is 1.44 bits per heavy atom. The summed E-state index contributed by atoms with van der Waals surface area (Å²) in [6, 6.07) is 5.89.